The third kappa shape index (κ3) is 1.48. The zero-order valence-electron chi connectivity index (χ0n) is 10.4. The molecule has 0 aliphatic carbocycles. The minimum Gasteiger partial charge on any atom is -0.507 e. The zero-order valence-corrected chi connectivity index (χ0v) is 10.4. The van der Waals surface area contributed by atoms with Gasteiger partial charge < -0.3 is 24.5 Å². The molecule has 102 valence electrons. The first-order valence-corrected chi connectivity index (χ1v) is 5.72. The summed E-state index contributed by atoms with van der Waals surface area (Å²) in [6.45, 7) is 0. The quantitative estimate of drug-likeness (QED) is 0.464. The van der Waals surface area contributed by atoms with Gasteiger partial charge in [0.2, 0.25) is 5.43 Å². The van der Waals surface area contributed by atoms with Gasteiger partial charge in [-0.05, 0) is 24.3 Å². The Hall–Kier alpha value is -2.89. The van der Waals surface area contributed by atoms with Crippen LogP contribution in [0.15, 0.2) is 33.5 Å². The van der Waals surface area contributed by atoms with Crippen LogP contribution < -0.4 is 10.2 Å². The molecule has 3 N–H and O–H groups in total. The van der Waals surface area contributed by atoms with Gasteiger partial charge >= 0.3 is 0 Å². The van der Waals surface area contributed by atoms with E-state index in [2.05, 4.69) is 0 Å². The van der Waals surface area contributed by atoms with Crippen LogP contribution in [-0.2, 0) is 0 Å². The summed E-state index contributed by atoms with van der Waals surface area (Å²) in [5.41, 5.74) is -0.573. The Morgan fingerprint density at radius 1 is 0.950 bits per heavy atom. The lowest BCUT2D eigenvalue weighted by Crippen LogP contribution is -2.04. The standard InChI is InChI=1S/C14H10O6/c1-19-13-7(16)4-5-9-11(13)12(18)10-6(15)2-3-8(17)14(10)20-9/h2-5,15-17H,1H3. The SMILES string of the molecule is COc1c(O)ccc2oc3c(O)ccc(O)c3c(=O)c12. The van der Waals surface area contributed by atoms with Gasteiger partial charge in [-0.25, -0.2) is 0 Å². The van der Waals surface area contributed by atoms with E-state index in [0.29, 0.717) is 0 Å². The highest BCUT2D eigenvalue weighted by molar-refractivity contribution is 5.98. The second kappa shape index (κ2) is 4.06. The number of methoxy groups -OCH3 is 1. The molecule has 0 bridgehead atoms. The highest BCUT2D eigenvalue weighted by Gasteiger charge is 2.19. The van der Waals surface area contributed by atoms with Gasteiger partial charge in [-0.1, -0.05) is 0 Å². The van der Waals surface area contributed by atoms with E-state index < -0.39 is 5.43 Å². The third-order valence-corrected chi connectivity index (χ3v) is 3.08. The number of rotatable bonds is 1. The van der Waals surface area contributed by atoms with Gasteiger partial charge in [0.05, 0.1) is 7.11 Å². The van der Waals surface area contributed by atoms with E-state index >= 15 is 0 Å². The number of hydrogen-bond donors (Lipinski definition) is 3. The Morgan fingerprint density at radius 3 is 2.30 bits per heavy atom. The molecule has 1 heterocycles. The first-order chi connectivity index (χ1) is 9.54. The van der Waals surface area contributed by atoms with Crippen LogP contribution in [0.4, 0.5) is 0 Å². The lowest BCUT2D eigenvalue weighted by atomic mass is 10.1. The molecule has 0 radical (unpaired) electrons. The summed E-state index contributed by atoms with van der Waals surface area (Å²) in [6.07, 6.45) is 0. The summed E-state index contributed by atoms with van der Waals surface area (Å²) in [4.78, 5) is 12.5. The summed E-state index contributed by atoms with van der Waals surface area (Å²) in [5, 5.41) is 29.1. The van der Waals surface area contributed by atoms with Crippen molar-refractivity contribution < 1.29 is 24.5 Å². The van der Waals surface area contributed by atoms with E-state index in [1.165, 1.54) is 31.4 Å². The van der Waals surface area contributed by atoms with Gasteiger partial charge in [-0.15, -0.1) is 0 Å². The normalized spacial score (nSPS) is 11.1. The summed E-state index contributed by atoms with van der Waals surface area (Å²) < 4.78 is 10.4. The second-order valence-corrected chi connectivity index (χ2v) is 4.23. The molecule has 0 fully saturated rings. The van der Waals surface area contributed by atoms with Crippen molar-refractivity contribution in [3.05, 3.63) is 34.5 Å². The number of aromatic hydroxyl groups is 3. The van der Waals surface area contributed by atoms with Crippen LogP contribution in [0.2, 0.25) is 0 Å². The zero-order chi connectivity index (χ0) is 14.4. The average molecular weight is 274 g/mol. The maximum Gasteiger partial charge on any atom is 0.208 e. The molecule has 3 aromatic rings. The Kier molecular flexibility index (Phi) is 2.47. The monoisotopic (exact) mass is 274 g/mol. The van der Waals surface area contributed by atoms with Crippen LogP contribution in [0.3, 0.4) is 0 Å². The first-order valence-electron chi connectivity index (χ1n) is 5.72. The van der Waals surface area contributed by atoms with Gasteiger partial charge in [0.1, 0.15) is 22.1 Å². The fourth-order valence-corrected chi connectivity index (χ4v) is 2.18. The Labute approximate surface area is 112 Å². The molecule has 6 heteroatoms. The van der Waals surface area contributed by atoms with Gasteiger partial charge in [-0.2, -0.15) is 0 Å². The van der Waals surface area contributed by atoms with Crippen molar-refractivity contribution >= 4 is 21.9 Å². The Bertz CT molecular complexity index is 894. The van der Waals surface area contributed by atoms with Crippen LogP contribution >= 0.6 is 0 Å². The minimum atomic E-state index is -0.595. The molecule has 0 saturated heterocycles. The largest absolute Gasteiger partial charge is 0.507 e. The number of hydrogen-bond acceptors (Lipinski definition) is 6. The second-order valence-electron chi connectivity index (χ2n) is 4.23. The topological polar surface area (TPSA) is 100 Å². The van der Waals surface area contributed by atoms with E-state index in [-0.39, 0.29) is 44.9 Å². The number of phenolic OH excluding ortho intramolecular Hbond substituents is 3. The molecule has 3 rings (SSSR count). The Balaban J connectivity index is 2.66. The van der Waals surface area contributed by atoms with Crippen molar-refractivity contribution in [1.82, 2.24) is 0 Å². The van der Waals surface area contributed by atoms with Crippen LogP contribution in [0.5, 0.6) is 23.0 Å². The van der Waals surface area contributed by atoms with Crippen molar-refractivity contribution in [2.75, 3.05) is 7.11 Å². The molecule has 0 atom stereocenters. The lowest BCUT2D eigenvalue weighted by molar-refractivity contribution is 0.377. The third-order valence-electron chi connectivity index (χ3n) is 3.08. The molecule has 0 aliphatic heterocycles. The molecule has 0 unspecified atom stereocenters. The maximum absolute atomic E-state index is 12.5. The van der Waals surface area contributed by atoms with Crippen molar-refractivity contribution in [1.29, 1.82) is 0 Å². The number of benzene rings is 2. The van der Waals surface area contributed by atoms with E-state index in [4.69, 9.17) is 9.15 Å². The van der Waals surface area contributed by atoms with Crippen molar-refractivity contribution in [2.45, 2.75) is 0 Å². The van der Waals surface area contributed by atoms with Crippen molar-refractivity contribution in [3.63, 3.8) is 0 Å². The van der Waals surface area contributed by atoms with E-state index in [1.807, 2.05) is 0 Å². The smallest absolute Gasteiger partial charge is 0.208 e. The number of fused-ring (bicyclic) bond motifs is 2. The maximum atomic E-state index is 12.5. The van der Waals surface area contributed by atoms with Gasteiger partial charge in [0, 0.05) is 0 Å². The highest BCUT2D eigenvalue weighted by Crippen LogP contribution is 2.37. The molecule has 20 heavy (non-hydrogen) atoms. The van der Waals surface area contributed by atoms with Crippen LogP contribution in [-0.4, -0.2) is 22.4 Å². The van der Waals surface area contributed by atoms with Crippen molar-refractivity contribution in [2.24, 2.45) is 0 Å². The van der Waals surface area contributed by atoms with Crippen LogP contribution in [0.25, 0.3) is 21.9 Å². The predicted octanol–water partition coefficient (Wildman–Crippen LogP) is 2.07. The molecule has 1 aromatic heterocycles. The lowest BCUT2D eigenvalue weighted by Gasteiger charge is -2.09. The summed E-state index contributed by atoms with van der Waals surface area (Å²) in [5.74, 6) is -0.838. The van der Waals surface area contributed by atoms with Crippen LogP contribution in [0.1, 0.15) is 0 Å². The molecular formula is C14H10O6. The molecule has 0 amide bonds. The molecule has 6 nitrogen and oxygen atoms in total. The van der Waals surface area contributed by atoms with Crippen LogP contribution in [0, 0.1) is 0 Å². The highest BCUT2D eigenvalue weighted by atomic mass is 16.5. The molecule has 0 spiro atoms. The molecule has 0 saturated carbocycles. The summed E-state index contributed by atoms with van der Waals surface area (Å²) in [7, 11) is 1.31. The predicted molar refractivity (Wildman–Crippen MR) is 71.5 cm³/mol. The Morgan fingerprint density at radius 2 is 1.60 bits per heavy atom. The van der Waals surface area contributed by atoms with E-state index in [9.17, 15) is 20.1 Å². The number of phenols is 3. The number of ether oxygens (including phenoxy) is 1. The van der Waals surface area contributed by atoms with Gasteiger partial charge in [0.25, 0.3) is 0 Å². The minimum absolute atomic E-state index is 0.000833. The van der Waals surface area contributed by atoms with Gasteiger partial charge in [-0.3, -0.25) is 4.79 Å². The first kappa shape index (κ1) is 12.2. The fourth-order valence-electron chi connectivity index (χ4n) is 2.18. The molecule has 2 aromatic carbocycles. The van der Waals surface area contributed by atoms with E-state index in [0.717, 1.165) is 0 Å². The fraction of sp³-hybridized carbons (Fsp3) is 0.0714. The van der Waals surface area contributed by atoms with Crippen molar-refractivity contribution in [3.8, 4) is 23.0 Å². The molecule has 0 aliphatic rings. The average Bonchev–Trinajstić information content (AvgIpc) is 2.43. The molecular weight excluding hydrogens is 264 g/mol. The summed E-state index contributed by atoms with van der Waals surface area (Å²) in [6, 6.07) is 5.12. The van der Waals surface area contributed by atoms with Gasteiger partial charge in [0.15, 0.2) is 22.8 Å². The summed E-state index contributed by atoms with van der Waals surface area (Å²) >= 11 is 0. The van der Waals surface area contributed by atoms with E-state index in [1.54, 1.807) is 0 Å².